The first-order valence-corrected chi connectivity index (χ1v) is 5.20. The van der Waals surface area contributed by atoms with Gasteiger partial charge in [-0.2, -0.15) is 13.2 Å². The summed E-state index contributed by atoms with van der Waals surface area (Å²) in [5, 5.41) is 6.72. The number of nitrogens with zero attached hydrogens (tertiary/aromatic N) is 3. The zero-order chi connectivity index (χ0) is 14.1. The third-order valence-corrected chi connectivity index (χ3v) is 1.90. The lowest BCUT2D eigenvalue weighted by Crippen LogP contribution is -2.25. The third kappa shape index (κ3) is 4.01. The molecule has 0 unspecified atom stereocenters. The first kappa shape index (κ1) is 14.5. The van der Waals surface area contributed by atoms with Crippen LogP contribution in [0.25, 0.3) is 0 Å². The van der Waals surface area contributed by atoms with Crippen molar-refractivity contribution in [2.45, 2.75) is 46.0 Å². The van der Waals surface area contributed by atoms with Gasteiger partial charge in [0, 0.05) is 0 Å². The van der Waals surface area contributed by atoms with E-state index in [1.54, 1.807) is 20.8 Å². The van der Waals surface area contributed by atoms with Crippen LogP contribution in [0, 0.1) is 6.92 Å². The Bertz CT molecular complexity index is 446. The van der Waals surface area contributed by atoms with Crippen LogP contribution in [0.2, 0.25) is 0 Å². The fourth-order valence-corrected chi connectivity index (χ4v) is 1.20. The van der Waals surface area contributed by atoms with Gasteiger partial charge in [-0.1, -0.05) is 5.21 Å². The van der Waals surface area contributed by atoms with Crippen molar-refractivity contribution in [1.82, 2.24) is 15.0 Å². The molecule has 0 bridgehead atoms. The van der Waals surface area contributed by atoms with Gasteiger partial charge in [0.25, 0.3) is 0 Å². The molecule has 0 amide bonds. The summed E-state index contributed by atoms with van der Waals surface area (Å²) >= 11 is 0. The first-order chi connectivity index (χ1) is 7.99. The smallest absolute Gasteiger partial charge is 0.408 e. The largest absolute Gasteiger partial charge is 0.455 e. The fraction of sp³-hybridized carbons (Fsp3) is 0.700. The summed E-state index contributed by atoms with van der Waals surface area (Å²) in [6, 6.07) is 0. The average Bonchev–Trinajstić information content (AvgIpc) is 2.42. The maximum absolute atomic E-state index is 12.2. The number of rotatable bonds is 2. The lowest BCUT2D eigenvalue weighted by Gasteiger charge is -2.18. The second kappa shape index (κ2) is 4.58. The van der Waals surface area contributed by atoms with Crippen LogP contribution in [-0.4, -0.2) is 32.7 Å². The lowest BCUT2D eigenvalue weighted by atomic mass is 10.2. The summed E-state index contributed by atoms with van der Waals surface area (Å²) < 4.78 is 42.2. The Morgan fingerprint density at radius 3 is 2.33 bits per heavy atom. The summed E-state index contributed by atoms with van der Waals surface area (Å²) in [7, 11) is 0. The van der Waals surface area contributed by atoms with Gasteiger partial charge in [-0.15, -0.1) is 5.10 Å². The second-order valence-corrected chi connectivity index (χ2v) is 4.80. The van der Waals surface area contributed by atoms with E-state index in [9.17, 15) is 18.0 Å². The van der Waals surface area contributed by atoms with Gasteiger partial charge >= 0.3 is 12.1 Å². The van der Waals surface area contributed by atoms with Crippen LogP contribution >= 0.6 is 0 Å². The third-order valence-electron chi connectivity index (χ3n) is 1.90. The maximum atomic E-state index is 12.2. The van der Waals surface area contributed by atoms with E-state index in [1.165, 1.54) is 6.92 Å². The minimum atomic E-state index is -4.41. The van der Waals surface area contributed by atoms with Crippen molar-refractivity contribution in [1.29, 1.82) is 0 Å². The van der Waals surface area contributed by atoms with E-state index in [1.807, 2.05) is 0 Å². The number of alkyl halides is 3. The Balaban J connectivity index is 2.90. The molecule has 1 heterocycles. The van der Waals surface area contributed by atoms with E-state index < -0.39 is 24.3 Å². The van der Waals surface area contributed by atoms with Gasteiger partial charge in [-0.3, -0.25) is 0 Å². The van der Waals surface area contributed by atoms with Crippen LogP contribution in [0.1, 0.15) is 37.0 Å². The van der Waals surface area contributed by atoms with Gasteiger partial charge in [0.05, 0.1) is 5.69 Å². The molecular formula is C10H14F3N3O2. The molecule has 0 saturated carbocycles. The average molecular weight is 265 g/mol. The van der Waals surface area contributed by atoms with Crippen LogP contribution in [-0.2, 0) is 11.3 Å². The SMILES string of the molecule is Cc1c(C(=O)OC(C)(C)C)nnn1CC(F)(F)F. The monoisotopic (exact) mass is 265 g/mol. The van der Waals surface area contributed by atoms with E-state index >= 15 is 0 Å². The van der Waals surface area contributed by atoms with Gasteiger partial charge in [0.15, 0.2) is 5.69 Å². The number of aromatic nitrogens is 3. The Hall–Kier alpha value is -1.60. The molecule has 8 heteroatoms. The number of carbonyl (C=O) groups is 1. The molecule has 0 spiro atoms. The van der Waals surface area contributed by atoms with E-state index in [2.05, 4.69) is 10.3 Å². The van der Waals surface area contributed by atoms with Crippen LogP contribution in [0.15, 0.2) is 0 Å². The van der Waals surface area contributed by atoms with Crippen molar-refractivity contribution in [3.8, 4) is 0 Å². The molecule has 0 saturated heterocycles. The zero-order valence-electron chi connectivity index (χ0n) is 10.5. The molecule has 0 aromatic carbocycles. The van der Waals surface area contributed by atoms with Gasteiger partial charge < -0.3 is 4.74 Å². The van der Waals surface area contributed by atoms with Crippen molar-refractivity contribution >= 4 is 5.97 Å². The molecule has 1 aromatic rings. The molecule has 1 aromatic heterocycles. The highest BCUT2D eigenvalue weighted by atomic mass is 19.4. The van der Waals surface area contributed by atoms with Crippen molar-refractivity contribution < 1.29 is 22.7 Å². The van der Waals surface area contributed by atoms with Gasteiger partial charge in [-0.25, -0.2) is 9.48 Å². The maximum Gasteiger partial charge on any atom is 0.408 e. The van der Waals surface area contributed by atoms with E-state index in [-0.39, 0.29) is 11.4 Å². The zero-order valence-corrected chi connectivity index (χ0v) is 10.5. The summed E-state index contributed by atoms with van der Waals surface area (Å²) in [4.78, 5) is 11.6. The van der Waals surface area contributed by atoms with Crippen molar-refractivity contribution in [2.24, 2.45) is 0 Å². The number of esters is 1. The van der Waals surface area contributed by atoms with Crippen molar-refractivity contribution in [2.75, 3.05) is 0 Å². The number of ether oxygens (including phenoxy) is 1. The summed E-state index contributed by atoms with van der Waals surface area (Å²) in [5.41, 5.74) is -0.909. The van der Waals surface area contributed by atoms with Crippen LogP contribution in [0.3, 0.4) is 0 Å². The minimum Gasteiger partial charge on any atom is -0.455 e. The fourth-order valence-electron chi connectivity index (χ4n) is 1.20. The number of hydrogen-bond donors (Lipinski definition) is 0. The lowest BCUT2D eigenvalue weighted by molar-refractivity contribution is -0.143. The Kier molecular flexibility index (Phi) is 3.68. The molecule has 0 radical (unpaired) electrons. The molecule has 0 N–H and O–H groups in total. The molecule has 1 rings (SSSR count). The van der Waals surface area contributed by atoms with Crippen LogP contribution < -0.4 is 0 Å². The van der Waals surface area contributed by atoms with E-state index in [0.29, 0.717) is 4.68 Å². The molecular weight excluding hydrogens is 251 g/mol. The highest BCUT2D eigenvalue weighted by Gasteiger charge is 2.31. The van der Waals surface area contributed by atoms with Gasteiger partial charge in [-0.05, 0) is 27.7 Å². The molecule has 0 atom stereocenters. The molecule has 102 valence electrons. The van der Waals surface area contributed by atoms with Crippen molar-refractivity contribution in [3.05, 3.63) is 11.4 Å². The predicted molar refractivity (Wildman–Crippen MR) is 56.0 cm³/mol. The Labute approximate surface area is 102 Å². The van der Waals surface area contributed by atoms with Gasteiger partial charge in [0.2, 0.25) is 0 Å². The highest BCUT2D eigenvalue weighted by Crippen LogP contribution is 2.19. The normalized spacial score (nSPS) is 12.6. The molecule has 5 nitrogen and oxygen atoms in total. The van der Waals surface area contributed by atoms with Crippen molar-refractivity contribution in [3.63, 3.8) is 0 Å². The van der Waals surface area contributed by atoms with Gasteiger partial charge in [0.1, 0.15) is 12.1 Å². The molecule has 18 heavy (non-hydrogen) atoms. The predicted octanol–water partition coefficient (Wildman–Crippen LogP) is 2.10. The molecule has 0 aliphatic carbocycles. The Morgan fingerprint density at radius 1 is 1.33 bits per heavy atom. The first-order valence-electron chi connectivity index (χ1n) is 5.20. The summed E-state index contributed by atoms with van der Waals surface area (Å²) in [6.45, 7) is 5.01. The topological polar surface area (TPSA) is 57.0 Å². The molecule has 0 aliphatic rings. The van der Waals surface area contributed by atoms with E-state index in [0.717, 1.165) is 0 Å². The molecule has 0 fully saturated rings. The molecule has 0 aliphatic heterocycles. The number of hydrogen-bond acceptors (Lipinski definition) is 4. The standard InChI is InChI=1S/C10H14F3N3O2/c1-6-7(8(17)18-9(2,3)4)14-15-16(6)5-10(11,12)13/h5H2,1-4H3. The summed E-state index contributed by atoms with van der Waals surface area (Å²) in [6.07, 6.45) is -4.41. The van der Waals surface area contributed by atoms with E-state index in [4.69, 9.17) is 4.74 Å². The minimum absolute atomic E-state index is 0.0292. The van der Waals surface area contributed by atoms with Crippen LogP contribution in [0.5, 0.6) is 0 Å². The summed E-state index contributed by atoms with van der Waals surface area (Å²) in [5.74, 6) is -0.784. The second-order valence-electron chi connectivity index (χ2n) is 4.80. The van der Waals surface area contributed by atoms with Crippen LogP contribution in [0.4, 0.5) is 13.2 Å². The number of halogens is 3. The highest BCUT2D eigenvalue weighted by molar-refractivity contribution is 5.88. The Morgan fingerprint density at radius 2 is 1.89 bits per heavy atom. The quantitative estimate of drug-likeness (QED) is 0.768. The number of carbonyl (C=O) groups excluding carboxylic acids is 1.